The van der Waals surface area contributed by atoms with E-state index >= 15 is 0 Å². The van der Waals surface area contributed by atoms with Crippen molar-refractivity contribution >= 4 is 27.3 Å². The van der Waals surface area contributed by atoms with Crippen molar-refractivity contribution in [1.82, 2.24) is 4.72 Å². The smallest absolute Gasteiger partial charge is 0.270 e. The number of hydrogen-bond donors (Lipinski definition) is 2. The summed E-state index contributed by atoms with van der Waals surface area (Å²) in [6, 6.07) is 6.46. The van der Waals surface area contributed by atoms with Crippen LogP contribution in [0.4, 0.5) is 11.4 Å². The van der Waals surface area contributed by atoms with Crippen LogP contribution in [0.2, 0.25) is 0 Å². The highest BCUT2D eigenvalue weighted by atomic mass is 32.2. The summed E-state index contributed by atoms with van der Waals surface area (Å²) >= 11 is 0. The predicted molar refractivity (Wildman–Crippen MR) is 109 cm³/mol. The number of aryl methyl sites for hydroxylation is 2. The van der Waals surface area contributed by atoms with Gasteiger partial charge >= 0.3 is 0 Å². The fraction of sp³-hybridized carbons (Fsp3) is 0.316. The lowest BCUT2D eigenvalue weighted by Gasteiger charge is -2.15. The average molecular weight is 421 g/mol. The molecule has 0 saturated heterocycles. The lowest BCUT2D eigenvalue weighted by Crippen LogP contribution is -2.30. The van der Waals surface area contributed by atoms with E-state index < -0.39 is 20.9 Å². The maximum absolute atomic E-state index is 12.7. The van der Waals surface area contributed by atoms with Gasteiger partial charge in [0.05, 0.1) is 12.0 Å². The topological polar surface area (TPSA) is 128 Å². The van der Waals surface area contributed by atoms with Gasteiger partial charge in [-0.2, -0.15) is 0 Å². The number of ether oxygens (including phenoxy) is 1. The Balaban J connectivity index is 2.42. The van der Waals surface area contributed by atoms with Gasteiger partial charge in [0.1, 0.15) is 10.6 Å². The Bertz CT molecular complexity index is 1040. The molecule has 0 atom stereocenters. The Morgan fingerprint density at radius 2 is 1.72 bits per heavy atom. The molecule has 2 N–H and O–H groups in total. The van der Waals surface area contributed by atoms with E-state index in [0.29, 0.717) is 16.8 Å². The van der Waals surface area contributed by atoms with E-state index in [1.54, 1.807) is 27.7 Å². The van der Waals surface area contributed by atoms with E-state index in [-0.39, 0.29) is 27.9 Å². The molecule has 0 aliphatic heterocycles. The van der Waals surface area contributed by atoms with Gasteiger partial charge in [0.15, 0.2) is 0 Å². The number of nitro groups is 1. The molecule has 10 heteroatoms. The van der Waals surface area contributed by atoms with Crippen LogP contribution < -0.4 is 14.8 Å². The largest absolute Gasteiger partial charge is 0.495 e. The maximum Gasteiger partial charge on any atom is 0.270 e. The average Bonchev–Trinajstić information content (AvgIpc) is 2.62. The zero-order valence-corrected chi connectivity index (χ0v) is 17.6. The number of nitrogens with zero attached hydrogens (tertiary/aromatic N) is 1. The molecular weight excluding hydrogens is 398 g/mol. The number of nitro benzene ring substituents is 1. The molecule has 0 aliphatic rings. The summed E-state index contributed by atoms with van der Waals surface area (Å²) in [5, 5.41) is 13.7. The van der Waals surface area contributed by atoms with E-state index in [9.17, 15) is 23.3 Å². The molecule has 0 aliphatic carbocycles. The lowest BCUT2D eigenvalue weighted by molar-refractivity contribution is -0.384. The number of sulfonamides is 1. The van der Waals surface area contributed by atoms with Crippen molar-refractivity contribution in [2.45, 2.75) is 38.6 Å². The Hall–Kier alpha value is -2.98. The molecule has 0 heterocycles. The fourth-order valence-electron chi connectivity index (χ4n) is 2.83. The minimum atomic E-state index is -3.89. The molecule has 0 radical (unpaired) electrons. The Kier molecular flexibility index (Phi) is 6.60. The van der Waals surface area contributed by atoms with E-state index in [1.807, 2.05) is 0 Å². The number of rotatable bonds is 7. The normalized spacial score (nSPS) is 11.4. The van der Waals surface area contributed by atoms with E-state index in [2.05, 4.69) is 10.0 Å². The van der Waals surface area contributed by atoms with Crippen LogP contribution in [-0.4, -0.2) is 32.4 Å². The van der Waals surface area contributed by atoms with Crippen molar-refractivity contribution in [3.05, 3.63) is 57.1 Å². The van der Waals surface area contributed by atoms with Crippen molar-refractivity contribution in [3.63, 3.8) is 0 Å². The number of carbonyl (C=O) groups is 1. The molecule has 2 rings (SSSR count). The monoisotopic (exact) mass is 421 g/mol. The van der Waals surface area contributed by atoms with E-state index in [0.717, 1.165) is 0 Å². The first kappa shape index (κ1) is 22.3. The van der Waals surface area contributed by atoms with Crippen molar-refractivity contribution in [2.24, 2.45) is 0 Å². The third-order valence-electron chi connectivity index (χ3n) is 4.07. The van der Waals surface area contributed by atoms with Gasteiger partial charge in [-0.3, -0.25) is 14.9 Å². The molecule has 9 nitrogen and oxygen atoms in total. The number of anilines is 1. The fourth-order valence-corrected chi connectivity index (χ4v) is 4.28. The van der Waals surface area contributed by atoms with Crippen LogP contribution in [-0.2, 0) is 10.0 Å². The number of hydrogen-bond acceptors (Lipinski definition) is 6. The Morgan fingerprint density at radius 1 is 1.14 bits per heavy atom. The van der Waals surface area contributed by atoms with Gasteiger partial charge < -0.3 is 10.1 Å². The van der Waals surface area contributed by atoms with Crippen molar-refractivity contribution in [2.75, 3.05) is 12.4 Å². The number of non-ortho nitro benzene ring substituents is 1. The van der Waals surface area contributed by atoms with Gasteiger partial charge in [-0.25, -0.2) is 13.1 Å². The minimum absolute atomic E-state index is 0.0735. The zero-order valence-electron chi connectivity index (χ0n) is 16.8. The van der Waals surface area contributed by atoms with Crippen molar-refractivity contribution in [1.29, 1.82) is 0 Å². The molecule has 0 aromatic heterocycles. The highest BCUT2D eigenvalue weighted by molar-refractivity contribution is 7.89. The SMILES string of the molecule is COc1ccc(C(=O)Nc2c(C)cc([N+](=O)[O-])cc2C)cc1S(=O)(=O)NC(C)C. The van der Waals surface area contributed by atoms with Gasteiger partial charge in [0.2, 0.25) is 10.0 Å². The number of nitrogens with one attached hydrogen (secondary N) is 2. The summed E-state index contributed by atoms with van der Waals surface area (Å²) in [6.45, 7) is 6.65. The lowest BCUT2D eigenvalue weighted by atomic mass is 10.1. The third-order valence-corrected chi connectivity index (χ3v) is 5.75. The maximum atomic E-state index is 12.7. The van der Waals surface area contributed by atoms with Crippen LogP contribution >= 0.6 is 0 Å². The van der Waals surface area contributed by atoms with Gasteiger partial charge in [0, 0.05) is 29.4 Å². The molecule has 2 aromatic carbocycles. The molecule has 29 heavy (non-hydrogen) atoms. The summed E-state index contributed by atoms with van der Waals surface area (Å²) in [4.78, 5) is 23.0. The van der Waals surface area contributed by atoms with Crippen LogP contribution in [0.15, 0.2) is 35.2 Å². The first-order valence-electron chi connectivity index (χ1n) is 8.73. The summed E-state index contributed by atoms with van der Waals surface area (Å²) in [7, 11) is -2.55. The molecule has 0 unspecified atom stereocenters. The molecular formula is C19H23N3O6S. The molecule has 1 amide bonds. The molecule has 0 spiro atoms. The highest BCUT2D eigenvalue weighted by Crippen LogP contribution is 2.28. The second-order valence-corrected chi connectivity index (χ2v) is 8.49. The van der Waals surface area contributed by atoms with E-state index in [4.69, 9.17) is 4.74 Å². The molecule has 0 saturated carbocycles. The van der Waals surface area contributed by atoms with Gasteiger partial charge in [-0.1, -0.05) is 0 Å². The van der Waals surface area contributed by atoms with Crippen molar-refractivity contribution < 1.29 is 22.9 Å². The predicted octanol–water partition coefficient (Wildman–Crippen LogP) is 3.16. The van der Waals surface area contributed by atoms with Crippen LogP contribution in [0.3, 0.4) is 0 Å². The number of benzene rings is 2. The second kappa shape index (κ2) is 8.58. The molecule has 0 fully saturated rings. The van der Waals surface area contributed by atoms with Crippen molar-refractivity contribution in [3.8, 4) is 5.75 Å². The summed E-state index contributed by atoms with van der Waals surface area (Å²) in [5.74, 6) is -0.439. The highest BCUT2D eigenvalue weighted by Gasteiger charge is 2.23. The van der Waals surface area contributed by atoms with Gasteiger partial charge in [0.25, 0.3) is 11.6 Å². The summed E-state index contributed by atoms with van der Waals surface area (Å²) in [5.41, 5.74) is 1.50. The molecule has 2 aromatic rings. The summed E-state index contributed by atoms with van der Waals surface area (Å²) < 4.78 is 32.7. The first-order chi connectivity index (χ1) is 13.5. The first-order valence-corrected chi connectivity index (χ1v) is 10.2. The van der Waals surface area contributed by atoms with E-state index in [1.165, 1.54) is 37.4 Å². The van der Waals surface area contributed by atoms with Crippen LogP contribution in [0.5, 0.6) is 5.75 Å². The quantitative estimate of drug-likeness (QED) is 0.522. The van der Waals surface area contributed by atoms with Crippen LogP contribution in [0.1, 0.15) is 35.3 Å². The Morgan fingerprint density at radius 3 is 2.21 bits per heavy atom. The standard InChI is InChI=1S/C19H23N3O6S/c1-11(2)21-29(26,27)17-10-14(6-7-16(17)28-5)19(23)20-18-12(3)8-15(22(24)25)9-13(18)4/h6-11,21H,1-5H3,(H,20,23). The summed E-state index contributed by atoms with van der Waals surface area (Å²) in [6.07, 6.45) is 0. The Labute approximate surface area is 169 Å². The van der Waals surface area contributed by atoms with Crippen LogP contribution in [0, 0.1) is 24.0 Å². The molecule has 0 bridgehead atoms. The van der Waals surface area contributed by atoms with Gasteiger partial charge in [-0.15, -0.1) is 0 Å². The number of methoxy groups -OCH3 is 1. The molecule has 156 valence electrons. The minimum Gasteiger partial charge on any atom is -0.495 e. The number of amides is 1. The second-order valence-electron chi connectivity index (χ2n) is 6.81. The third kappa shape index (κ3) is 5.09. The number of carbonyl (C=O) groups excluding carboxylic acids is 1. The van der Waals surface area contributed by atoms with Gasteiger partial charge in [-0.05, 0) is 57.0 Å². The zero-order chi connectivity index (χ0) is 21.9. The van der Waals surface area contributed by atoms with Crippen LogP contribution in [0.25, 0.3) is 0 Å².